The molecule has 4 nitrogen and oxygen atoms in total. The molecule has 0 N–H and O–H groups in total. The van der Waals surface area contributed by atoms with E-state index in [1.54, 1.807) is 0 Å². The van der Waals surface area contributed by atoms with Crippen LogP contribution in [0.5, 0.6) is 0 Å². The van der Waals surface area contributed by atoms with Crippen LogP contribution in [0.15, 0.2) is 0 Å². The summed E-state index contributed by atoms with van der Waals surface area (Å²) in [6.07, 6.45) is 0.120. The minimum atomic E-state index is -1.79. The first-order valence-corrected chi connectivity index (χ1v) is 9.88. The average Bonchev–Trinajstić information content (AvgIpc) is 2.51. The minimum absolute atomic E-state index is 0.120. The highest BCUT2D eigenvalue weighted by Gasteiger charge is 2.47. The van der Waals surface area contributed by atoms with Crippen molar-refractivity contribution in [3.05, 3.63) is 0 Å². The second kappa shape index (κ2) is 5.54. The molecular formula is C14H29NO3Si. The number of hydrogen-bond donors (Lipinski definition) is 0. The summed E-state index contributed by atoms with van der Waals surface area (Å²) in [7, 11) is 1.62. The van der Waals surface area contributed by atoms with Crippen molar-refractivity contribution in [2.24, 2.45) is 5.92 Å². The molecule has 1 aliphatic rings. The largest absolute Gasteiger partial charge is 0.468 e. The summed E-state index contributed by atoms with van der Waals surface area (Å²) >= 11 is 0. The van der Waals surface area contributed by atoms with E-state index in [4.69, 9.17) is 9.16 Å². The number of carbonyl (C=O) groups is 1. The average molecular weight is 287 g/mol. The molecule has 0 aromatic heterocycles. The molecule has 0 aromatic carbocycles. The van der Waals surface area contributed by atoms with Crippen LogP contribution >= 0.6 is 0 Å². The second-order valence-electron chi connectivity index (χ2n) is 7.18. The number of ether oxygens (including phenoxy) is 1. The molecule has 5 heteroatoms. The molecule has 0 aromatic rings. The minimum Gasteiger partial charge on any atom is -0.468 e. The maximum Gasteiger partial charge on any atom is 0.323 e. The van der Waals surface area contributed by atoms with Gasteiger partial charge in [0.15, 0.2) is 8.32 Å². The summed E-state index contributed by atoms with van der Waals surface area (Å²) in [5.41, 5.74) is 0. The number of methoxy groups -OCH3 is 1. The van der Waals surface area contributed by atoms with Crippen LogP contribution in [0.4, 0.5) is 0 Å². The fraction of sp³-hybridized carbons (Fsp3) is 0.929. The summed E-state index contributed by atoms with van der Waals surface area (Å²) in [5, 5.41) is 0.189. The van der Waals surface area contributed by atoms with Gasteiger partial charge in [0.05, 0.1) is 13.2 Å². The van der Waals surface area contributed by atoms with Gasteiger partial charge in [-0.3, -0.25) is 9.69 Å². The lowest BCUT2D eigenvalue weighted by atomic mass is 10.0. The van der Waals surface area contributed by atoms with E-state index in [1.165, 1.54) is 7.11 Å². The van der Waals surface area contributed by atoms with Crippen molar-refractivity contribution in [3.63, 3.8) is 0 Å². The number of esters is 1. The van der Waals surface area contributed by atoms with Crippen molar-refractivity contribution in [3.8, 4) is 0 Å². The molecule has 1 heterocycles. The fourth-order valence-electron chi connectivity index (χ4n) is 2.38. The van der Waals surface area contributed by atoms with Crippen LogP contribution in [0.25, 0.3) is 0 Å². The summed E-state index contributed by atoms with van der Waals surface area (Å²) in [6.45, 7) is 14.1. The van der Waals surface area contributed by atoms with Gasteiger partial charge in [-0.2, -0.15) is 0 Å². The van der Waals surface area contributed by atoms with Crippen LogP contribution in [0.3, 0.4) is 0 Å². The Kier molecular flexibility index (Phi) is 4.86. The van der Waals surface area contributed by atoms with Gasteiger partial charge in [0.25, 0.3) is 0 Å². The van der Waals surface area contributed by atoms with Crippen molar-refractivity contribution in [2.75, 3.05) is 20.7 Å². The topological polar surface area (TPSA) is 38.8 Å². The fourth-order valence-corrected chi connectivity index (χ4v) is 3.78. The Balaban J connectivity index is 2.80. The highest BCUT2D eigenvalue weighted by atomic mass is 28.4. The van der Waals surface area contributed by atoms with Gasteiger partial charge in [0.2, 0.25) is 0 Å². The summed E-state index contributed by atoms with van der Waals surface area (Å²) in [4.78, 5) is 13.9. The molecule has 1 fully saturated rings. The zero-order valence-corrected chi connectivity index (χ0v) is 14.6. The molecule has 1 saturated heterocycles. The second-order valence-corrected chi connectivity index (χ2v) is 11.9. The van der Waals surface area contributed by atoms with Gasteiger partial charge in [-0.1, -0.05) is 27.7 Å². The zero-order chi connectivity index (χ0) is 15.0. The first-order valence-electron chi connectivity index (χ1n) is 6.97. The Morgan fingerprint density at radius 1 is 1.32 bits per heavy atom. The molecule has 19 heavy (non-hydrogen) atoms. The van der Waals surface area contributed by atoms with Gasteiger partial charge < -0.3 is 9.16 Å². The lowest BCUT2D eigenvalue weighted by Gasteiger charge is -2.39. The molecular weight excluding hydrogens is 258 g/mol. The van der Waals surface area contributed by atoms with Gasteiger partial charge >= 0.3 is 5.97 Å². The molecule has 0 spiro atoms. The normalized spacial score (nSPS) is 29.6. The first kappa shape index (κ1) is 16.7. The van der Waals surface area contributed by atoms with Gasteiger partial charge in [-0.25, -0.2) is 0 Å². The van der Waals surface area contributed by atoms with Crippen LogP contribution in [0, 0.1) is 5.92 Å². The van der Waals surface area contributed by atoms with Gasteiger partial charge in [-0.05, 0) is 25.2 Å². The molecule has 1 aliphatic heterocycles. The van der Waals surface area contributed by atoms with Crippen LogP contribution in [-0.2, 0) is 14.0 Å². The number of likely N-dealkylation sites (tertiary alicyclic amines) is 1. The highest BCUT2D eigenvalue weighted by molar-refractivity contribution is 6.74. The molecule has 112 valence electrons. The van der Waals surface area contributed by atoms with E-state index < -0.39 is 8.32 Å². The summed E-state index contributed by atoms with van der Waals surface area (Å²) in [6, 6.07) is -0.181. The predicted molar refractivity (Wildman–Crippen MR) is 79.7 cm³/mol. The molecule has 1 rings (SSSR count). The Morgan fingerprint density at radius 3 is 2.26 bits per heavy atom. The van der Waals surface area contributed by atoms with E-state index in [9.17, 15) is 4.79 Å². The number of carbonyl (C=O) groups excluding carboxylic acids is 1. The Hall–Kier alpha value is -0.393. The molecule has 0 saturated carbocycles. The molecule has 0 bridgehead atoms. The molecule has 0 unspecified atom stereocenters. The SMILES string of the molecule is COC(=O)[C@H]1[C@H](C)[C@@H](O[Si](C)(C)C(C)(C)C)CN1C. The maximum atomic E-state index is 11.8. The van der Waals surface area contributed by atoms with Crippen molar-refractivity contribution < 1.29 is 14.0 Å². The van der Waals surface area contributed by atoms with Crippen molar-refractivity contribution >= 4 is 14.3 Å². The number of hydrogen-bond acceptors (Lipinski definition) is 4. The molecule has 0 aliphatic carbocycles. The van der Waals surface area contributed by atoms with Crippen LogP contribution in [0.2, 0.25) is 18.1 Å². The Bertz CT molecular complexity index is 338. The van der Waals surface area contributed by atoms with Gasteiger partial charge in [0, 0.05) is 12.5 Å². The van der Waals surface area contributed by atoms with E-state index in [2.05, 4.69) is 40.8 Å². The zero-order valence-electron chi connectivity index (χ0n) is 13.6. The standard InChI is InChI=1S/C14H29NO3Si/c1-10-11(18-19(7,8)14(2,3)4)9-15(5)12(10)13(16)17-6/h10-12H,9H2,1-8H3/t10-,11+,12-/m1/s1. The smallest absolute Gasteiger partial charge is 0.323 e. The monoisotopic (exact) mass is 287 g/mol. The van der Waals surface area contributed by atoms with Gasteiger partial charge in [0.1, 0.15) is 6.04 Å². The third-order valence-corrected chi connectivity index (χ3v) is 9.23. The van der Waals surface area contributed by atoms with Crippen molar-refractivity contribution in [1.29, 1.82) is 0 Å². The maximum absolute atomic E-state index is 11.8. The third-order valence-electron chi connectivity index (χ3n) is 4.72. The van der Waals surface area contributed by atoms with E-state index >= 15 is 0 Å². The quantitative estimate of drug-likeness (QED) is 0.590. The summed E-state index contributed by atoms with van der Waals surface area (Å²) in [5.74, 6) is 0.0166. The highest BCUT2D eigenvalue weighted by Crippen LogP contribution is 2.39. The molecule has 0 radical (unpaired) electrons. The van der Waals surface area contributed by atoms with Crippen molar-refractivity contribution in [2.45, 2.75) is 58.0 Å². The predicted octanol–water partition coefficient (Wildman–Crippen LogP) is 2.50. The lowest BCUT2D eigenvalue weighted by molar-refractivity contribution is -0.146. The number of likely N-dealkylation sites (N-methyl/N-ethyl adjacent to an activating group) is 1. The van der Waals surface area contributed by atoms with E-state index in [-0.39, 0.29) is 29.1 Å². The Labute approximate surface area is 118 Å². The van der Waals surface area contributed by atoms with Gasteiger partial charge in [-0.15, -0.1) is 0 Å². The van der Waals surface area contributed by atoms with Crippen LogP contribution in [-0.4, -0.2) is 52.0 Å². The van der Waals surface area contributed by atoms with E-state index in [0.29, 0.717) is 0 Å². The number of nitrogens with zero attached hydrogens (tertiary/aromatic N) is 1. The number of rotatable bonds is 3. The van der Waals surface area contributed by atoms with Crippen LogP contribution in [0.1, 0.15) is 27.7 Å². The first-order chi connectivity index (χ1) is 8.51. The summed E-state index contributed by atoms with van der Waals surface area (Å²) < 4.78 is 11.4. The van der Waals surface area contributed by atoms with Crippen molar-refractivity contribution in [1.82, 2.24) is 4.90 Å². The molecule has 3 atom stereocenters. The van der Waals surface area contributed by atoms with E-state index in [1.807, 2.05) is 11.9 Å². The van der Waals surface area contributed by atoms with E-state index in [0.717, 1.165) is 6.54 Å². The Morgan fingerprint density at radius 2 is 1.84 bits per heavy atom. The lowest BCUT2D eigenvalue weighted by Crippen LogP contribution is -2.46. The third kappa shape index (κ3) is 3.38. The van der Waals surface area contributed by atoms with Crippen LogP contribution < -0.4 is 0 Å². The molecule has 0 amide bonds.